The van der Waals surface area contributed by atoms with Gasteiger partial charge in [-0.1, -0.05) is 61.3 Å². The SMILES string of the molecule is CCCCC(C(=O)[O-])S(=O)(=O)c1cc(C(C)(C)C)c(O)c(C(C)(C)C)c1.[Na+]. The summed E-state index contributed by atoms with van der Waals surface area (Å²) in [6.45, 7) is 13.1. The van der Waals surface area contributed by atoms with Crippen LogP contribution in [0, 0.1) is 0 Å². The second-order valence-corrected chi connectivity index (χ2v) is 11.0. The molecule has 1 rings (SSSR count). The summed E-state index contributed by atoms with van der Waals surface area (Å²) in [5.74, 6) is -1.52. The number of benzene rings is 1. The molecule has 0 spiro atoms. The Morgan fingerprint density at radius 3 is 1.78 bits per heavy atom. The minimum Gasteiger partial charge on any atom is -0.549 e. The third-order valence-electron chi connectivity index (χ3n) is 4.49. The van der Waals surface area contributed by atoms with Crippen LogP contribution in [0.1, 0.15) is 78.9 Å². The number of carbonyl (C=O) groups excluding carboxylic acids is 1. The first-order chi connectivity index (χ1) is 11.6. The summed E-state index contributed by atoms with van der Waals surface area (Å²) in [6.07, 6.45) is 1.18. The van der Waals surface area contributed by atoms with Crippen LogP contribution in [-0.4, -0.2) is 24.7 Å². The van der Waals surface area contributed by atoms with Gasteiger partial charge >= 0.3 is 29.6 Å². The van der Waals surface area contributed by atoms with Gasteiger partial charge in [-0.05, 0) is 29.4 Å². The first-order valence-electron chi connectivity index (χ1n) is 8.96. The summed E-state index contributed by atoms with van der Waals surface area (Å²) in [5.41, 5.74) is -0.0430. The normalized spacial score (nSPS) is 13.7. The first kappa shape index (κ1) is 26.4. The van der Waals surface area contributed by atoms with Crippen molar-refractivity contribution in [2.45, 2.75) is 88.7 Å². The van der Waals surface area contributed by atoms with Gasteiger partial charge in [-0.25, -0.2) is 8.42 Å². The Morgan fingerprint density at radius 2 is 1.48 bits per heavy atom. The Bertz CT molecular complexity index is 736. The molecule has 1 aromatic rings. The van der Waals surface area contributed by atoms with Crippen molar-refractivity contribution >= 4 is 15.8 Å². The third-order valence-corrected chi connectivity index (χ3v) is 6.56. The molecule has 148 valence electrons. The molecule has 1 unspecified atom stereocenters. The number of unbranched alkanes of at least 4 members (excludes halogenated alkanes) is 1. The molecule has 0 bridgehead atoms. The Kier molecular flexibility index (Phi) is 9.10. The number of carbonyl (C=O) groups is 1. The van der Waals surface area contributed by atoms with Crippen molar-refractivity contribution in [3.05, 3.63) is 23.3 Å². The maximum absolute atomic E-state index is 13.0. The fourth-order valence-electron chi connectivity index (χ4n) is 2.87. The summed E-state index contributed by atoms with van der Waals surface area (Å²) in [5, 5.41) is 20.6. The molecule has 0 aliphatic rings. The predicted octanol–water partition coefficient (Wildman–Crippen LogP) is 0.0736. The van der Waals surface area contributed by atoms with Crippen molar-refractivity contribution in [2.75, 3.05) is 0 Å². The van der Waals surface area contributed by atoms with E-state index >= 15 is 0 Å². The Morgan fingerprint density at radius 1 is 1.07 bits per heavy atom. The quantitative estimate of drug-likeness (QED) is 0.675. The molecule has 1 N–H and O–H groups in total. The van der Waals surface area contributed by atoms with E-state index in [2.05, 4.69) is 0 Å². The van der Waals surface area contributed by atoms with Crippen molar-refractivity contribution < 1.29 is 53.0 Å². The summed E-state index contributed by atoms with van der Waals surface area (Å²) < 4.78 is 26.1. The van der Waals surface area contributed by atoms with Crippen molar-refractivity contribution in [2.24, 2.45) is 0 Å². The van der Waals surface area contributed by atoms with Gasteiger partial charge in [-0.2, -0.15) is 0 Å². The molecule has 1 aromatic carbocycles. The van der Waals surface area contributed by atoms with Crippen LogP contribution in [-0.2, 0) is 25.5 Å². The second-order valence-electron chi connectivity index (χ2n) is 8.86. The molecule has 1 atom stereocenters. The van der Waals surface area contributed by atoms with Crippen LogP contribution in [0.2, 0.25) is 0 Å². The number of hydrogen-bond donors (Lipinski definition) is 1. The minimum absolute atomic E-state index is 0. The predicted molar refractivity (Wildman–Crippen MR) is 101 cm³/mol. The van der Waals surface area contributed by atoms with Gasteiger partial charge in [0.15, 0.2) is 9.84 Å². The molecular formula is C20H31NaO5S. The molecule has 27 heavy (non-hydrogen) atoms. The molecule has 0 saturated heterocycles. The number of aliphatic carboxylic acids is 1. The third kappa shape index (κ3) is 6.21. The van der Waals surface area contributed by atoms with E-state index in [4.69, 9.17) is 0 Å². The van der Waals surface area contributed by atoms with Gasteiger partial charge in [0.1, 0.15) is 11.0 Å². The van der Waals surface area contributed by atoms with Crippen molar-refractivity contribution in [1.82, 2.24) is 0 Å². The summed E-state index contributed by atoms with van der Waals surface area (Å²) in [4.78, 5) is 11.4. The molecule has 0 aromatic heterocycles. The Labute approximate surface area is 185 Å². The Balaban J connectivity index is 0.00000676. The molecule has 0 amide bonds. The van der Waals surface area contributed by atoms with Crippen LogP contribution in [0.4, 0.5) is 0 Å². The van der Waals surface area contributed by atoms with Crippen LogP contribution in [0.5, 0.6) is 5.75 Å². The monoisotopic (exact) mass is 406 g/mol. The maximum Gasteiger partial charge on any atom is 1.00 e. The molecule has 0 fully saturated rings. The topological polar surface area (TPSA) is 94.5 Å². The van der Waals surface area contributed by atoms with E-state index in [1.165, 1.54) is 12.1 Å². The molecule has 7 heteroatoms. The van der Waals surface area contributed by atoms with Crippen LogP contribution >= 0.6 is 0 Å². The van der Waals surface area contributed by atoms with Crippen LogP contribution in [0.3, 0.4) is 0 Å². The van der Waals surface area contributed by atoms with Crippen LogP contribution in [0.15, 0.2) is 17.0 Å². The van der Waals surface area contributed by atoms with E-state index in [0.717, 1.165) is 0 Å². The molecular weight excluding hydrogens is 375 g/mol. The van der Waals surface area contributed by atoms with Crippen LogP contribution in [0.25, 0.3) is 0 Å². The second kappa shape index (κ2) is 9.29. The molecule has 0 aliphatic heterocycles. The minimum atomic E-state index is -4.13. The molecule has 5 nitrogen and oxygen atoms in total. The molecule has 0 radical (unpaired) electrons. The number of sulfone groups is 1. The van der Waals surface area contributed by atoms with Crippen LogP contribution < -0.4 is 34.7 Å². The number of hydrogen-bond acceptors (Lipinski definition) is 5. The number of rotatable bonds is 6. The number of carboxylic acids is 1. The zero-order valence-electron chi connectivity index (χ0n) is 17.8. The average molecular weight is 407 g/mol. The van der Waals surface area contributed by atoms with E-state index in [9.17, 15) is 23.4 Å². The van der Waals surface area contributed by atoms with Crippen molar-refractivity contribution in [3.63, 3.8) is 0 Å². The largest absolute Gasteiger partial charge is 1.00 e. The average Bonchev–Trinajstić information content (AvgIpc) is 2.44. The van der Waals surface area contributed by atoms with Gasteiger partial charge in [-0.15, -0.1) is 0 Å². The number of phenols is 1. The van der Waals surface area contributed by atoms with Crippen molar-refractivity contribution in [1.29, 1.82) is 0 Å². The van der Waals surface area contributed by atoms with E-state index in [-0.39, 0.29) is 46.6 Å². The van der Waals surface area contributed by atoms with Gasteiger partial charge in [0, 0.05) is 11.1 Å². The van der Waals surface area contributed by atoms with Gasteiger partial charge < -0.3 is 15.0 Å². The maximum atomic E-state index is 13.0. The van der Waals surface area contributed by atoms with Gasteiger partial charge in [0.25, 0.3) is 0 Å². The first-order valence-corrected chi connectivity index (χ1v) is 10.5. The zero-order valence-corrected chi connectivity index (χ0v) is 20.7. The Hall–Kier alpha value is -0.560. The molecule has 0 saturated carbocycles. The van der Waals surface area contributed by atoms with E-state index in [1.807, 2.05) is 48.5 Å². The smallest absolute Gasteiger partial charge is 0.549 e. The molecule has 0 heterocycles. The number of aromatic hydroxyl groups is 1. The summed E-state index contributed by atoms with van der Waals surface area (Å²) in [6, 6.07) is 2.81. The van der Waals surface area contributed by atoms with Gasteiger partial charge in [-0.3, -0.25) is 0 Å². The fourth-order valence-corrected chi connectivity index (χ4v) is 4.49. The van der Waals surface area contributed by atoms with E-state index < -0.39 is 31.9 Å². The number of carboxylic acid groups (broad SMARTS) is 1. The molecule has 0 aliphatic carbocycles. The fraction of sp³-hybridized carbons (Fsp3) is 0.650. The van der Waals surface area contributed by atoms with E-state index in [0.29, 0.717) is 24.0 Å². The summed E-state index contributed by atoms with van der Waals surface area (Å²) >= 11 is 0. The standard InChI is InChI=1S/C20H32O5S.Na/c1-8-9-10-16(18(22)23)26(24,25)13-11-14(19(2,3)4)17(21)15(12-13)20(5,6)7;/h11-12,16,21H,8-10H2,1-7H3,(H,22,23);/q;+1/p-1. The van der Waals surface area contributed by atoms with E-state index in [1.54, 1.807) is 0 Å². The summed E-state index contributed by atoms with van der Waals surface area (Å²) in [7, 11) is -4.13. The van der Waals surface area contributed by atoms with Gasteiger partial charge in [0.05, 0.1) is 10.9 Å². The number of phenolic OH excluding ortho intramolecular Hbond substituents is 1. The van der Waals surface area contributed by atoms with Gasteiger partial charge in [0.2, 0.25) is 0 Å². The zero-order chi connectivity index (χ0) is 20.5. The van der Waals surface area contributed by atoms with Crippen molar-refractivity contribution in [3.8, 4) is 5.75 Å².